The van der Waals surface area contributed by atoms with E-state index in [0.717, 1.165) is 30.0 Å². The number of anilines is 2. The fourth-order valence-corrected chi connectivity index (χ4v) is 3.23. The third-order valence-electron chi connectivity index (χ3n) is 4.70. The van der Waals surface area contributed by atoms with Crippen molar-refractivity contribution in [2.24, 2.45) is 0 Å². The van der Waals surface area contributed by atoms with Crippen molar-refractivity contribution >= 4 is 23.3 Å². The Morgan fingerprint density at radius 3 is 2.43 bits per heavy atom. The molecule has 3 rings (SSSR count). The van der Waals surface area contributed by atoms with E-state index in [1.807, 2.05) is 24.3 Å². The Balaban J connectivity index is 1.45. The number of carbonyl (C=O) groups is 2. The van der Waals surface area contributed by atoms with Crippen molar-refractivity contribution in [1.29, 1.82) is 0 Å². The third-order valence-corrected chi connectivity index (χ3v) is 4.70. The maximum atomic E-state index is 12.9. The second kappa shape index (κ2) is 9.21. The highest BCUT2D eigenvalue weighted by atomic mass is 19.1. The molecule has 1 aliphatic heterocycles. The number of nitrogens with one attached hydrogen (secondary N) is 2. The van der Waals surface area contributed by atoms with Crippen molar-refractivity contribution < 1.29 is 14.0 Å². The van der Waals surface area contributed by atoms with Gasteiger partial charge in [0, 0.05) is 51.0 Å². The number of rotatable bonds is 5. The topological polar surface area (TPSA) is 64.7 Å². The fourth-order valence-electron chi connectivity index (χ4n) is 3.23. The summed E-state index contributed by atoms with van der Waals surface area (Å²) in [5.41, 5.74) is 2.79. The number of carbonyl (C=O) groups excluding carboxylic acids is 2. The van der Waals surface area contributed by atoms with Crippen LogP contribution >= 0.6 is 0 Å². The van der Waals surface area contributed by atoms with Crippen molar-refractivity contribution in [3.63, 3.8) is 0 Å². The van der Waals surface area contributed by atoms with Gasteiger partial charge in [-0.3, -0.25) is 4.79 Å². The number of nitrogens with zero attached hydrogens (tertiary/aromatic N) is 2. The van der Waals surface area contributed by atoms with Gasteiger partial charge in [-0.1, -0.05) is 18.2 Å². The first-order valence-electron chi connectivity index (χ1n) is 9.41. The van der Waals surface area contributed by atoms with Gasteiger partial charge in [-0.2, -0.15) is 0 Å². The minimum absolute atomic E-state index is 0.0752. The second-order valence-corrected chi connectivity index (χ2v) is 6.81. The molecule has 0 aromatic heterocycles. The van der Waals surface area contributed by atoms with Gasteiger partial charge in [0.15, 0.2) is 0 Å². The van der Waals surface area contributed by atoms with Crippen molar-refractivity contribution in [1.82, 2.24) is 10.2 Å². The minimum Gasteiger partial charge on any atom is -0.368 e. The Kier molecular flexibility index (Phi) is 6.47. The van der Waals surface area contributed by atoms with Crippen molar-refractivity contribution in [2.45, 2.75) is 13.3 Å². The standard InChI is InChI=1S/C21H25FN4O2/c1-16(27)24-19-3-2-4-20(15-19)25-11-13-26(14-12-25)21(28)23-10-9-17-5-7-18(22)8-6-17/h2-8,15H,9-14H2,1H3,(H,23,28)(H,24,27). The molecule has 28 heavy (non-hydrogen) atoms. The zero-order valence-corrected chi connectivity index (χ0v) is 16.0. The number of halogens is 1. The van der Waals surface area contributed by atoms with Gasteiger partial charge in [-0.05, 0) is 42.3 Å². The summed E-state index contributed by atoms with van der Waals surface area (Å²) in [6, 6.07) is 14.0. The monoisotopic (exact) mass is 384 g/mol. The van der Waals surface area contributed by atoms with Crippen molar-refractivity contribution in [2.75, 3.05) is 42.9 Å². The molecule has 2 aromatic carbocycles. The Morgan fingerprint density at radius 1 is 1.04 bits per heavy atom. The summed E-state index contributed by atoms with van der Waals surface area (Å²) in [7, 11) is 0. The summed E-state index contributed by atoms with van der Waals surface area (Å²) < 4.78 is 12.9. The molecule has 3 amide bonds. The normalized spacial score (nSPS) is 13.9. The fraction of sp³-hybridized carbons (Fsp3) is 0.333. The molecule has 148 valence electrons. The summed E-state index contributed by atoms with van der Waals surface area (Å²) >= 11 is 0. The number of piperazine rings is 1. The molecule has 0 atom stereocenters. The molecule has 0 bridgehead atoms. The van der Waals surface area contributed by atoms with E-state index in [1.54, 1.807) is 17.0 Å². The van der Waals surface area contributed by atoms with Crippen molar-refractivity contribution in [3.05, 3.63) is 59.9 Å². The van der Waals surface area contributed by atoms with E-state index in [-0.39, 0.29) is 17.8 Å². The largest absolute Gasteiger partial charge is 0.368 e. The molecule has 1 heterocycles. The molecule has 1 fully saturated rings. The van der Waals surface area contributed by atoms with Crippen LogP contribution in [0.25, 0.3) is 0 Å². The maximum absolute atomic E-state index is 12.9. The summed E-state index contributed by atoms with van der Waals surface area (Å²) in [6.45, 7) is 4.73. The Morgan fingerprint density at radius 2 is 1.75 bits per heavy atom. The second-order valence-electron chi connectivity index (χ2n) is 6.81. The summed E-state index contributed by atoms with van der Waals surface area (Å²) in [4.78, 5) is 27.6. The smallest absolute Gasteiger partial charge is 0.317 e. The van der Waals surface area contributed by atoms with Crippen LogP contribution in [0.15, 0.2) is 48.5 Å². The van der Waals surface area contributed by atoms with Crippen LogP contribution in [0.2, 0.25) is 0 Å². The average molecular weight is 384 g/mol. The van der Waals surface area contributed by atoms with E-state index in [4.69, 9.17) is 0 Å². The SMILES string of the molecule is CC(=O)Nc1cccc(N2CCN(C(=O)NCCc3ccc(F)cc3)CC2)c1. The van der Waals surface area contributed by atoms with Crippen molar-refractivity contribution in [3.8, 4) is 0 Å². The van der Waals surface area contributed by atoms with Gasteiger partial charge >= 0.3 is 6.03 Å². The maximum Gasteiger partial charge on any atom is 0.317 e. The predicted octanol–water partition coefficient (Wildman–Crippen LogP) is 2.86. The first-order valence-corrected chi connectivity index (χ1v) is 9.41. The molecule has 0 saturated carbocycles. The van der Waals surface area contributed by atoms with E-state index in [1.165, 1.54) is 19.1 Å². The zero-order valence-electron chi connectivity index (χ0n) is 16.0. The number of hydrogen-bond acceptors (Lipinski definition) is 3. The highest BCUT2D eigenvalue weighted by molar-refractivity contribution is 5.89. The van der Waals surface area contributed by atoms with E-state index < -0.39 is 0 Å². The van der Waals surface area contributed by atoms with Crippen LogP contribution in [-0.2, 0) is 11.2 Å². The molecule has 7 heteroatoms. The molecule has 0 unspecified atom stereocenters. The molecule has 2 aromatic rings. The van der Waals surface area contributed by atoms with E-state index >= 15 is 0 Å². The van der Waals surface area contributed by atoms with Crippen LogP contribution in [-0.4, -0.2) is 49.6 Å². The molecule has 2 N–H and O–H groups in total. The van der Waals surface area contributed by atoms with Gasteiger partial charge in [0.05, 0.1) is 0 Å². The highest BCUT2D eigenvalue weighted by Gasteiger charge is 2.21. The number of urea groups is 1. The molecule has 6 nitrogen and oxygen atoms in total. The minimum atomic E-state index is -0.256. The molecule has 1 aliphatic rings. The lowest BCUT2D eigenvalue weighted by Gasteiger charge is -2.36. The Hall–Kier alpha value is -3.09. The van der Waals surface area contributed by atoms with Crippen LogP contribution in [0.4, 0.5) is 20.6 Å². The van der Waals surface area contributed by atoms with Gasteiger partial charge in [-0.25, -0.2) is 9.18 Å². The number of hydrogen-bond donors (Lipinski definition) is 2. The first-order chi connectivity index (χ1) is 13.5. The average Bonchev–Trinajstić information content (AvgIpc) is 2.69. The molecule has 0 aliphatic carbocycles. The van der Waals surface area contributed by atoms with Crippen LogP contribution < -0.4 is 15.5 Å². The highest BCUT2D eigenvalue weighted by Crippen LogP contribution is 2.21. The summed E-state index contributed by atoms with van der Waals surface area (Å²) in [5, 5.41) is 5.72. The first kappa shape index (κ1) is 19.7. The third kappa shape index (κ3) is 5.45. The van der Waals surface area contributed by atoms with E-state index in [9.17, 15) is 14.0 Å². The van der Waals surface area contributed by atoms with Gasteiger partial charge in [0.25, 0.3) is 0 Å². The molecule has 1 saturated heterocycles. The Labute approximate surface area is 164 Å². The number of benzene rings is 2. The molecular weight excluding hydrogens is 359 g/mol. The van der Waals surface area contributed by atoms with E-state index in [0.29, 0.717) is 26.1 Å². The predicted molar refractivity (Wildman–Crippen MR) is 108 cm³/mol. The van der Waals surface area contributed by atoms with Crippen LogP contribution in [0.5, 0.6) is 0 Å². The quantitative estimate of drug-likeness (QED) is 0.833. The van der Waals surface area contributed by atoms with Gasteiger partial charge in [0.2, 0.25) is 5.91 Å². The lowest BCUT2D eigenvalue weighted by atomic mass is 10.1. The summed E-state index contributed by atoms with van der Waals surface area (Å²) in [6.07, 6.45) is 0.669. The van der Waals surface area contributed by atoms with Crippen LogP contribution in [0, 0.1) is 5.82 Å². The van der Waals surface area contributed by atoms with Gasteiger partial charge in [0.1, 0.15) is 5.82 Å². The van der Waals surface area contributed by atoms with E-state index in [2.05, 4.69) is 15.5 Å². The lowest BCUT2D eigenvalue weighted by molar-refractivity contribution is -0.114. The Bertz CT molecular complexity index is 817. The zero-order chi connectivity index (χ0) is 19.9. The number of amides is 3. The van der Waals surface area contributed by atoms with Crippen LogP contribution in [0.3, 0.4) is 0 Å². The molecular formula is C21H25FN4O2. The van der Waals surface area contributed by atoms with Crippen LogP contribution in [0.1, 0.15) is 12.5 Å². The molecule has 0 radical (unpaired) electrons. The molecule has 0 spiro atoms. The lowest BCUT2D eigenvalue weighted by Crippen LogP contribution is -2.52. The van der Waals surface area contributed by atoms with Gasteiger partial charge in [-0.15, -0.1) is 0 Å². The summed E-state index contributed by atoms with van der Waals surface area (Å²) in [5.74, 6) is -0.354. The van der Waals surface area contributed by atoms with Gasteiger partial charge < -0.3 is 20.4 Å².